The molecule has 0 saturated carbocycles. The molecule has 0 radical (unpaired) electrons. The number of nitrogens with one attached hydrogen (secondary N) is 1. The molecule has 1 aliphatic heterocycles. The number of fused-ring (bicyclic) bond motifs is 1. The molecule has 0 spiro atoms. The smallest absolute Gasteiger partial charge is 0.238 e. The SMILES string of the molecule is CC(=O)N1CC=Cc2ccccc2N1. The number of amides is 1. The Labute approximate surface area is 83.0 Å². The van der Waals surface area contributed by atoms with Crippen LogP contribution in [-0.4, -0.2) is 17.5 Å². The Hall–Kier alpha value is -1.77. The first kappa shape index (κ1) is 8.81. The summed E-state index contributed by atoms with van der Waals surface area (Å²) < 4.78 is 0. The van der Waals surface area contributed by atoms with Crippen molar-refractivity contribution >= 4 is 17.7 Å². The van der Waals surface area contributed by atoms with Crippen molar-refractivity contribution in [3.05, 3.63) is 35.9 Å². The number of carbonyl (C=O) groups excluding carboxylic acids is 1. The minimum Gasteiger partial charge on any atom is -0.295 e. The summed E-state index contributed by atoms with van der Waals surface area (Å²) in [6.07, 6.45) is 3.99. The Kier molecular flexibility index (Phi) is 2.23. The van der Waals surface area contributed by atoms with Crippen molar-refractivity contribution in [3.63, 3.8) is 0 Å². The van der Waals surface area contributed by atoms with Crippen LogP contribution in [0.3, 0.4) is 0 Å². The van der Waals surface area contributed by atoms with Gasteiger partial charge < -0.3 is 0 Å². The molecule has 3 nitrogen and oxygen atoms in total. The van der Waals surface area contributed by atoms with Gasteiger partial charge in [0.25, 0.3) is 0 Å². The number of anilines is 1. The van der Waals surface area contributed by atoms with Gasteiger partial charge in [-0.25, -0.2) is 0 Å². The number of hydrazine groups is 1. The van der Waals surface area contributed by atoms with E-state index >= 15 is 0 Å². The predicted molar refractivity (Wildman–Crippen MR) is 56.5 cm³/mol. The van der Waals surface area contributed by atoms with E-state index in [1.807, 2.05) is 36.4 Å². The zero-order chi connectivity index (χ0) is 9.97. The van der Waals surface area contributed by atoms with Crippen LogP contribution in [-0.2, 0) is 4.79 Å². The molecule has 14 heavy (non-hydrogen) atoms. The molecule has 0 fully saturated rings. The van der Waals surface area contributed by atoms with E-state index in [4.69, 9.17) is 0 Å². The number of rotatable bonds is 0. The van der Waals surface area contributed by atoms with E-state index in [0.717, 1.165) is 11.3 Å². The molecule has 0 aromatic heterocycles. The summed E-state index contributed by atoms with van der Waals surface area (Å²) >= 11 is 0. The quantitative estimate of drug-likeness (QED) is 0.674. The molecule has 1 aliphatic rings. The van der Waals surface area contributed by atoms with Crippen LogP contribution in [0.1, 0.15) is 12.5 Å². The van der Waals surface area contributed by atoms with E-state index in [2.05, 4.69) is 5.43 Å². The highest BCUT2D eigenvalue weighted by Gasteiger charge is 2.10. The molecule has 1 N–H and O–H groups in total. The minimum atomic E-state index is 0.0198. The molecule has 0 aliphatic carbocycles. The first-order valence-electron chi connectivity index (χ1n) is 4.58. The maximum atomic E-state index is 11.2. The van der Waals surface area contributed by atoms with E-state index < -0.39 is 0 Å². The van der Waals surface area contributed by atoms with Crippen molar-refractivity contribution in [2.24, 2.45) is 0 Å². The van der Waals surface area contributed by atoms with Gasteiger partial charge in [0.05, 0.1) is 12.2 Å². The minimum absolute atomic E-state index is 0.0198. The first-order valence-corrected chi connectivity index (χ1v) is 4.58. The summed E-state index contributed by atoms with van der Waals surface area (Å²) in [6.45, 7) is 2.15. The lowest BCUT2D eigenvalue weighted by molar-refractivity contribution is -0.127. The summed E-state index contributed by atoms with van der Waals surface area (Å²) in [5.74, 6) is 0.0198. The van der Waals surface area contributed by atoms with Crippen LogP contribution in [0.5, 0.6) is 0 Å². The standard InChI is InChI=1S/C11H12N2O/c1-9(14)13-8-4-6-10-5-2-3-7-11(10)12-13/h2-7,12H,8H2,1H3. The molecule has 1 aromatic carbocycles. The highest BCUT2D eigenvalue weighted by atomic mass is 16.2. The second kappa shape index (κ2) is 3.54. The molecule has 0 unspecified atom stereocenters. The average Bonchev–Trinajstić information content (AvgIpc) is 2.39. The number of hydrogen-bond acceptors (Lipinski definition) is 2. The van der Waals surface area contributed by atoms with Crippen molar-refractivity contribution < 1.29 is 4.79 Å². The van der Waals surface area contributed by atoms with Gasteiger partial charge in [0.2, 0.25) is 5.91 Å². The summed E-state index contributed by atoms with van der Waals surface area (Å²) in [4.78, 5) is 11.2. The second-order valence-corrected chi connectivity index (χ2v) is 3.23. The number of carbonyl (C=O) groups is 1. The van der Waals surface area contributed by atoms with Gasteiger partial charge in [0, 0.05) is 6.92 Å². The topological polar surface area (TPSA) is 32.3 Å². The van der Waals surface area contributed by atoms with Crippen molar-refractivity contribution in [3.8, 4) is 0 Å². The van der Waals surface area contributed by atoms with Crippen LogP contribution in [0.15, 0.2) is 30.3 Å². The van der Waals surface area contributed by atoms with E-state index in [1.165, 1.54) is 0 Å². The van der Waals surface area contributed by atoms with Crippen LogP contribution >= 0.6 is 0 Å². The van der Waals surface area contributed by atoms with Crippen LogP contribution < -0.4 is 5.43 Å². The third-order valence-electron chi connectivity index (χ3n) is 2.18. The van der Waals surface area contributed by atoms with Crippen molar-refractivity contribution in [1.82, 2.24) is 5.01 Å². The Morgan fingerprint density at radius 2 is 2.21 bits per heavy atom. The fourth-order valence-corrected chi connectivity index (χ4v) is 1.43. The third kappa shape index (κ3) is 1.62. The van der Waals surface area contributed by atoms with Crippen LogP contribution in [0, 0.1) is 0 Å². The third-order valence-corrected chi connectivity index (χ3v) is 2.18. The second-order valence-electron chi connectivity index (χ2n) is 3.23. The van der Waals surface area contributed by atoms with Crippen molar-refractivity contribution in [2.75, 3.05) is 12.0 Å². The van der Waals surface area contributed by atoms with Gasteiger partial charge >= 0.3 is 0 Å². The molecule has 0 saturated heterocycles. The highest BCUT2D eigenvalue weighted by molar-refractivity contribution is 5.78. The van der Waals surface area contributed by atoms with E-state index in [-0.39, 0.29) is 5.91 Å². The Balaban J connectivity index is 2.34. The van der Waals surface area contributed by atoms with E-state index in [0.29, 0.717) is 6.54 Å². The lowest BCUT2D eigenvalue weighted by atomic mass is 10.2. The van der Waals surface area contributed by atoms with Crippen LogP contribution in [0.25, 0.3) is 6.08 Å². The molecule has 1 amide bonds. The lowest BCUT2D eigenvalue weighted by Crippen LogP contribution is -2.33. The molecule has 1 heterocycles. The molecular formula is C11H12N2O. The summed E-state index contributed by atoms with van der Waals surface area (Å²) in [5.41, 5.74) is 5.16. The van der Waals surface area contributed by atoms with Gasteiger partial charge in [0.1, 0.15) is 0 Å². The summed E-state index contributed by atoms with van der Waals surface area (Å²) in [7, 11) is 0. The molecule has 3 heteroatoms. The Morgan fingerprint density at radius 3 is 3.00 bits per heavy atom. The maximum absolute atomic E-state index is 11.2. The normalized spacial score (nSPS) is 14.2. The van der Waals surface area contributed by atoms with Crippen LogP contribution in [0.4, 0.5) is 5.69 Å². The van der Waals surface area contributed by atoms with E-state index in [9.17, 15) is 4.79 Å². The average molecular weight is 188 g/mol. The van der Waals surface area contributed by atoms with Crippen LogP contribution in [0.2, 0.25) is 0 Å². The highest BCUT2D eigenvalue weighted by Crippen LogP contribution is 2.19. The van der Waals surface area contributed by atoms with E-state index in [1.54, 1.807) is 11.9 Å². The largest absolute Gasteiger partial charge is 0.295 e. The Bertz CT molecular complexity index is 385. The van der Waals surface area contributed by atoms with Crippen molar-refractivity contribution in [1.29, 1.82) is 0 Å². The summed E-state index contributed by atoms with van der Waals surface area (Å²) in [5, 5.41) is 1.59. The zero-order valence-electron chi connectivity index (χ0n) is 8.03. The van der Waals surface area contributed by atoms with Gasteiger partial charge in [-0.2, -0.15) is 0 Å². The maximum Gasteiger partial charge on any atom is 0.238 e. The van der Waals surface area contributed by atoms with Gasteiger partial charge in [-0.05, 0) is 11.6 Å². The lowest BCUT2D eigenvalue weighted by Gasteiger charge is -2.20. The Morgan fingerprint density at radius 1 is 1.43 bits per heavy atom. The van der Waals surface area contributed by atoms with Gasteiger partial charge in [0.15, 0.2) is 0 Å². The number of hydrogen-bond donors (Lipinski definition) is 1. The zero-order valence-corrected chi connectivity index (χ0v) is 8.03. The molecule has 2 rings (SSSR count). The van der Waals surface area contributed by atoms with Gasteiger partial charge in [-0.1, -0.05) is 30.4 Å². The predicted octanol–water partition coefficient (Wildman–Crippen LogP) is 1.89. The molecule has 1 aromatic rings. The molecular weight excluding hydrogens is 176 g/mol. The fraction of sp³-hybridized carbons (Fsp3) is 0.182. The van der Waals surface area contributed by atoms with Crippen molar-refractivity contribution in [2.45, 2.75) is 6.92 Å². The number of nitrogens with zero attached hydrogens (tertiary/aromatic N) is 1. The van der Waals surface area contributed by atoms with Gasteiger partial charge in [-0.15, -0.1) is 0 Å². The fourth-order valence-electron chi connectivity index (χ4n) is 1.43. The van der Waals surface area contributed by atoms with Gasteiger partial charge in [-0.3, -0.25) is 15.2 Å². The molecule has 0 bridgehead atoms. The first-order chi connectivity index (χ1) is 6.77. The number of para-hydroxylation sites is 1. The molecule has 72 valence electrons. The monoisotopic (exact) mass is 188 g/mol. The number of benzene rings is 1. The summed E-state index contributed by atoms with van der Waals surface area (Å²) in [6, 6.07) is 7.90. The molecule has 0 atom stereocenters.